The molecule has 0 radical (unpaired) electrons. The number of nitrogens with zero attached hydrogens (tertiary/aromatic N) is 5. The van der Waals surface area contributed by atoms with Gasteiger partial charge in [0.05, 0.1) is 16.3 Å². The van der Waals surface area contributed by atoms with Crippen molar-refractivity contribution in [1.82, 2.24) is 14.1 Å². The number of aromatic hydroxyl groups is 2. The molecule has 4 rings (SSSR count). The number of benzene rings is 3. The topological polar surface area (TPSA) is 120 Å². The Kier molecular flexibility index (Phi) is 8.43. The third-order valence-corrected chi connectivity index (χ3v) is 8.29. The number of sulfonamides is 1. The molecule has 1 aromatic heterocycles. The standard InChI is InChI=1S/C28H33N5O4S/c1-4-6-17-32(18-7-5-2)38(36,37)25-19-24(34)27(23-16-12-11-15-22(23)25)30-29-26-20(3)31-33(28(26)35)21-13-9-8-10-14-21/h8-16,19,34-35H,4-7,17-18H2,1-3H3/b30-29+. The molecule has 0 bridgehead atoms. The third kappa shape index (κ3) is 5.41. The number of rotatable bonds is 11. The van der Waals surface area contributed by atoms with Crippen molar-refractivity contribution in [3.05, 3.63) is 66.4 Å². The molecular weight excluding hydrogens is 502 g/mol. The van der Waals surface area contributed by atoms with Crippen molar-refractivity contribution in [1.29, 1.82) is 0 Å². The van der Waals surface area contributed by atoms with Gasteiger partial charge >= 0.3 is 0 Å². The van der Waals surface area contributed by atoms with Crippen molar-refractivity contribution in [3.8, 4) is 17.3 Å². The van der Waals surface area contributed by atoms with Crippen LogP contribution in [0.2, 0.25) is 0 Å². The second kappa shape index (κ2) is 11.7. The van der Waals surface area contributed by atoms with E-state index in [1.165, 1.54) is 15.1 Å². The van der Waals surface area contributed by atoms with Crippen LogP contribution >= 0.6 is 0 Å². The van der Waals surface area contributed by atoms with Crippen LogP contribution in [0.4, 0.5) is 11.4 Å². The van der Waals surface area contributed by atoms with Gasteiger partial charge in [-0.15, -0.1) is 10.2 Å². The summed E-state index contributed by atoms with van der Waals surface area (Å²) in [6.07, 6.45) is 3.24. The van der Waals surface area contributed by atoms with Crippen LogP contribution in [-0.4, -0.2) is 45.8 Å². The van der Waals surface area contributed by atoms with E-state index >= 15 is 0 Å². The maximum atomic E-state index is 13.7. The Morgan fingerprint density at radius 3 is 2.08 bits per heavy atom. The lowest BCUT2D eigenvalue weighted by Gasteiger charge is -2.23. The summed E-state index contributed by atoms with van der Waals surface area (Å²) in [6.45, 7) is 6.57. The number of azo groups is 1. The molecule has 0 aliphatic carbocycles. The maximum Gasteiger partial charge on any atom is 0.243 e. The molecule has 0 spiro atoms. The van der Waals surface area contributed by atoms with Crippen LogP contribution in [0.1, 0.15) is 45.2 Å². The van der Waals surface area contributed by atoms with Crippen molar-refractivity contribution >= 4 is 32.2 Å². The Morgan fingerprint density at radius 2 is 1.45 bits per heavy atom. The number of phenolic OH excluding ortho intramolecular Hbond substituents is 1. The summed E-state index contributed by atoms with van der Waals surface area (Å²) in [4.78, 5) is 0.0349. The van der Waals surface area contributed by atoms with Crippen LogP contribution in [0, 0.1) is 6.92 Å². The molecule has 4 aromatic rings. The van der Waals surface area contributed by atoms with Crippen molar-refractivity contribution in [2.24, 2.45) is 10.2 Å². The summed E-state index contributed by atoms with van der Waals surface area (Å²) in [6, 6.07) is 17.3. The minimum Gasteiger partial charge on any atom is -0.506 e. The van der Waals surface area contributed by atoms with E-state index in [9.17, 15) is 18.6 Å². The fraction of sp³-hybridized carbons (Fsp3) is 0.321. The van der Waals surface area contributed by atoms with E-state index < -0.39 is 10.0 Å². The average molecular weight is 536 g/mol. The van der Waals surface area contributed by atoms with Crippen LogP contribution in [-0.2, 0) is 10.0 Å². The van der Waals surface area contributed by atoms with Gasteiger partial charge in [0.1, 0.15) is 11.4 Å². The number of fused-ring (bicyclic) bond motifs is 1. The second-order valence-corrected chi connectivity index (χ2v) is 11.0. The van der Waals surface area contributed by atoms with Crippen molar-refractivity contribution < 1.29 is 18.6 Å². The van der Waals surface area contributed by atoms with Gasteiger partial charge in [-0.05, 0) is 31.9 Å². The summed E-state index contributed by atoms with van der Waals surface area (Å²) in [5, 5.41) is 35.4. The van der Waals surface area contributed by atoms with Gasteiger partial charge < -0.3 is 10.2 Å². The third-order valence-electron chi connectivity index (χ3n) is 6.35. The molecule has 10 heteroatoms. The lowest BCUT2D eigenvalue weighted by atomic mass is 10.1. The molecule has 0 saturated carbocycles. The molecular formula is C28H33N5O4S. The van der Waals surface area contributed by atoms with Gasteiger partial charge in [0.25, 0.3) is 0 Å². The zero-order valence-electron chi connectivity index (χ0n) is 21.9. The highest BCUT2D eigenvalue weighted by molar-refractivity contribution is 7.89. The van der Waals surface area contributed by atoms with E-state index in [4.69, 9.17) is 0 Å². The number of aromatic nitrogens is 2. The Balaban J connectivity index is 1.79. The number of unbranched alkanes of at least 4 members (excludes halogenated alkanes) is 2. The molecule has 0 unspecified atom stereocenters. The molecule has 38 heavy (non-hydrogen) atoms. The molecule has 0 atom stereocenters. The highest BCUT2D eigenvalue weighted by Gasteiger charge is 2.28. The van der Waals surface area contributed by atoms with Gasteiger partial charge in [0.15, 0.2) is 5.69 Å². The minimum absolute atomic E-state index is 0.0349. The molecule has 0 amide bonds. The Labute approximate surface area is 223 Å². The number of aryl methyl sites for hydroxylation is 1. The van der Waals surface area contributed by atoms with Crippen LogP contribution in [0.25, 0.3) is 16.5 Å². The number of hydrogen-bond acceptors (Lipinski definition) is 7. The van der Waals surface area contributed by atoms with Crippen molar-refractivity contribution in [2.45, 2.75) is 51.3 Å². The maximum absolute atomic E-state index is 13.7. The van der Waals surface area contributed by atoms with E-state index in [-0.39, 0.29) is 27.9 Å². The lowest BCUT2D eigenvalue weighted by Crippen LogP contribution is -2.33. The van der Waals surface area contributed by atoms with Crippen LogP contribution < -0.4 is 0 Å². The lowest BCUT2D eigenvalue weighted by molar-refractivity contribution is 0.395. The Bertz CT molecular complexity index is 1540. The fourth-order valence-corrected chi connectivity index (χ4v) is 6.00. The average Bonchev–Trinajstić information content (AvgIpc) is 3.21. The summed E-state index contributed by atoms with van der Waals surface area (Å²) in [7, 11) is -3.87. The fourth-order valence-electron chi connectivity index (χ4n) is 4.26. The first-order chi connectivity index (χ1) is 18.3. The predicted octanol–water partition coefficient (Wildman–Crippen LogP) is 6.75. The van der Waals surface area contributed by atoms with Gasteiger partial charge in [0, 0.05) is 29.9 Å². The molecule has 9 nitrogen and oxygen atoms in total. The highest BCUT2D eigenvalue weighted by atomic mass is 32.2. The predicted molar refractivity (Wildman–Crippen MR) is 148 cm³/mol. The first kappa shape index (κ1) is 27.3. The summed E-state index contributed by atoms with van der Waals surface area (Å²) in [5.41, 5.74) is 1.37. The first-order valence-corrected chi connectivity index (χ1v) is 14.2. The Hall–Kier alpha value is -3.76. The first-order valence-electron chi connectivity index (χ1n) is 12.8. The van der Waals surface area contributed by atoms with Crippen LogP contribution in [0.5, 0.6) is 11.6 Å². The van der Waals surface area contributed by atoms with E-state index in [1.54, 1.807) is 43.3 Å². The quantitative estimate of drug-likeness (QED) is 0.206. The van der Waals surface area contributed by atoms with E-state index in [0.717, 1.165) is 25.7 Å². The van der Waals surface area contributed by atoms with Gasteiger partial charge in [-0.1, -0.05) is 69.2 Å². The number of phenols is 1. The molecule has 0 aliphatic heterocycles. The number of para-hydroxylation sites is 1. The molecule has 0 saturated heterocycles. The van der Waals surface area contributed by atoms with Gasteiger partial charge in [-0.25, -0.2) is 8.42 Å². The summed E-state index contributed by atoms with van der Waals surface area (Å²) < 4.78 is 30.4. The zero-order valence-corrected chi connectivity index (χ0v) is 22.7. The monoisotopic (exact) mass is 535 g/mol. The number of hydrogen-bond donors (Lipinski definition) is 2. The molecule has 0 fully saturated rings. The highest BCUT2D eigenvalue weighted by Crippen LogP contribution is 2.42. The summed E-state index contributed by atoms with van der Waals surface area (Å²) in [5.74, 6) is -0.507. The SMILES string of the molecule is CCCCN(CCCC)S(=O)(=O)c1cc(O)c(/N=N/c2c(C)nn(-c3ccccc3)c2O)c2ccccc12. The summed E-state index contributed by atoms with van der Waals surface area (Å²) >= 11 is 0. The minimum atomic E-state index is -3.87. The zero-order chi connectivity index (χ0) is 27.3. The van der Waals surface area contributed by atoms with E-state index in [0.29, 0.717) is 35.2 Å². The normalized spacial score (nSPS) is 12.2. The van der Waals surface area contributed by atoms with Gasteiger partial charge in [-0.2, -0.15) is 14.1 Å². The van der Waals surface area contributed by atoms with Gasteiger partial charge in [0.2, 0.25) is 15.9 Å². The molecule has 3 aromatic carbocycles. The largest absolute Gasteiger partial charge is 0.506 e. The second-order valence-electron chi connectivity index (χ2n) is 9.10. The van der Waals surface area contributed by atoms with E-state index in [1.807, 2.05) is 32.0 Å². The molecule has 2 N–H and O–H groups in total. The van der Waals surface area contributed by atoms with Crippen LogP contribution in [0.3, 0.4) is 0 Å². The molecule has 0 aliphatic rings. The molecule has 1 heterocycles. The van der Waals surface area contributed by atoms with Gasteiger partial charge in [-0.3, -0.25) is 0 Å². The van der Waals surface area contributed by atoms with Crippen molar-refractivity contribution in [2.75, 3.05) is 13.1 Å². The molecule has 200 valence electrons. The van der Waals surface area contributed by atoms with Crippen molar-refractivity contribution in [3.63, 3.8) is 0 Å². The Morgan fingerprint density at radius 1 is 0.868 bits per heavy atom. The smallest absolute Gasteiger partial charge is 0.243 e. The van der Waals surface area contributed by atoms with Crippen LogP contribution in [0.15, 0.2) is 75.8 Å². The van der Waals surface area contributed by atoms with E-state index in [2.05, 4.69) is 15.3 Å².